The fourth-order valence-corrected chi connectivity index (χ4v) is 1.65. The van der Waals surface area contributed by atoms with Crippen LogP contribution in [0.25, 0.3) is 0 Å². The number of aryl methyl sites for hydroxylation is 1. The highest BCUT2D eigenvalue weighted by molar-refractivity contribution is 5.18. The lowest BCUT2D eigenvalue weighted by Crippen LogP contribution is -2.33. The van der Waals surface area contributed by atoms with Gasteiger partial charge in [0.2, 0.25) is 0 Å². The Morgan fingerprint density at radius 3 is 2.60 bits per heavy atom. The van der Waals surface area contributed by atoms with Gasteiger partial charge in [-0.2, -0.15) is 0 Å². The Bertz CT molecular complexity index is 402. The van der Waals surface area contributed by atoms with E-state index >= 15 is 0 Å². The van der Waals surface area contributed by atoms with Crippen LogP contribution in [-0.2, 0) is 12.6 Å². The number of aromatic nitrogens is 3. The predicted molar refractivity (Wildman–Crippen MR) is 48.2 cm³/mol. The summed E-state index contributed by atoms with van der Waals surface area (Å²) in [6.07, 6.45) is 2.81. The van der Waals surface area contributed by atoms with E-state index in [0.717, 1.165) is 12.2 Å². The van der Waals surface area contributed by atoms with Crippen molar-refractivity contribution in [3.05, 3.63) is 24.3 Å². The molecule has 15 heavy (non-hydrogen) atoms. The van der Waals surface area contributed by atoms with E-state index in [4.69, 9.17) is 0 Å². The summed E-state index contributed by atoms with van der Waals surface area (Å²) in [4.78, 5) is 0. The molecule has 0 aliphatic heterocycles. The van der Waals surface area contributed by atoms with E-state index in [1.165, 1.54) is 10.9 Å². The number of hydrogen-bond donors (Lipinski definition) is 1. The number of halogens is 2. The Balaban J connectivity index is 2.35. The van der Waals surface area contributed by atoms with Crippen molar-refractivity contribution in [3.63, 3.8) is 0 Å². The molecule has 6 heteroatoms. The summed E-state index contributed by atoms with van der Waals surface area (Å²) in [6, 6.07) is 0. The lowest BCUT2D eigenvalue weighted by atomic mass is 9.88. The topological polar surface area (TPSA) is 50.9 Å². The van der Waals surface area contributed by atoms with Gasteiger partial charge in [0.15, 0.2) is 5.82 Å². The summed E-state index contributed by atoms with van der Waals surface area (Å²) in [7, 11) is 1.66. The number of allylic oxidation sites excluding steroid dienone is 1. The minimum absolute atomic E-state index is 0.0525. The Morgan fingerprint density at radius 2 is 2.13 bits per heavy atom. The molecule has 1 unspecified atom stereocenters. The van der Waals surface area contributed by atoms with Gasteiger partial charge in [0.1, 0.15) is 11.9 Å². The average Bonchev–Trinajstić information content (AvgIpc) is 2.58. The van der Waals surface area contributed by atoms with Gasteiger partial charge in [-0.3, -0.25) is 0 Å². The summed E-state index contributed by atoms with van der Waals surface area (Å²) in [5.41, 5.74) is -1.42. The van der Waals surface area contributed by atoms with Gasteiger partial charge in [-0.15, -0.1) is 10.2 Å². The molecule has 0 saturated heterocycles. The molecule has 82 valence electrons. The molecule has 1 heterocycles. The molecule has 1 atom stereocenters. The number of nitrogens with zero attached hydrogens (tertiary/aromatic N) is 3. The van der Waals surface area contributed by atoms with E-state index in [-0.39, 0.29) is 18.7 Å². The van der Waals surface area contributed by atoms with Gasteiger partial charge in [0.25, 0.3) is 5.92 Å². The van der Waals surface area contributed by atoms with Crippen LogP contribution in [0.15, 0.2) is 18.5 Å². The first-order valence-electron chi connectivity index (χ1n) is 4.58. The van der Waals surface area contributed by atoms with Crippen molar-refractivity contribution >= 4 is 0 Å². The van der Waals surface area contributed by atoms with Crippen LogP contribution in [0, 0.1) is 0 Å². The number of hydrogen-bond acceptors (Lipinski definition) is 3. The number of rotatable bonds is 1. The number of alkyl halides is 2. The molecular weight excluding hydrogens is 204 g/mol. The SMILES string of the molecule is Cn1cnnc1C1(O)C=CC(F)(F)CC1. The van der Waals surface area contributed by atoms with Crippen molar-refractivity contribution in [2.45, 2.75) is 24.4 Å². The second-order valence-corrected chi connectivity index (χ2v) is 3.78. The lowest BCUT2D eigenvalue weighted by Gasteiger charge is -2.29. The average molecular weight is 215 g/mol. The quantitative estimate of drug-likeness (QED) is 0.711. The summed E-state index contributed by atoms with van der Waals surface area (Å²) in [5.74, 6) is -2.54. The van der Waals surface area contributed by atoms with Gasteiger partial charge in [-0.05, 0) is 18.6 Å². The minimum Gasteiger partial charge on any atom is -0.378 e. The van der Waals surface area contributed by atoms with Crippen LogP contribution in [0.3, 0.4) is 0 Å². The summed E-state index contributed by atoms with van der Waals surface area (Å²) in [6.45, 7) is 0. The molecule has 1 aromatic rings. The molecule has 0 radical (unpaired) electrons. The fourth-order valence-electron chi connectivity index (χ4n) is 1.65. The first-order valence-corrected chi connectivity index (χ1v) is 4.58. The summed E-state index contributed by atoms with van der Waals surface area (Å²) >= 11 is 0. The summed E-state index contributed by atoms with van der Waals surface area (Å²) < 4.78 is 27.2. The third kappa shape index (κ3) is 1.77. The zero-order valence-electron chi connectivity index (χ0n) is 8.19. The Labute approximate surface area is 85.2 Å². The van der Waals surface area contributed by atoms with E-state index in [1.54, 1.807) is 7.05 Å². The van der Waals surface area contributed by atoms with Crippen molar-refractivity contribution in [2.75, 3.05) is 0 Å². The van der Waals surface area contributed by atoms with Gasteiger partial charge in [0, 0.05) is 13.5 Å². The van der Waals surface area contributed by atoms with E-state index < -0.39 is 11.5 Å². The maximum atomic E-state index is 12.8. The normalized spacial score (nSPS) is 29.3. The lowest BCUT2D eigenvalue weighted by molar-refractivity contribution is -0.0184. The molecule has 4 nitrogen and oxygen atoms in total. The molecule has 2 rings (SSSR count). The van der Waals surface area contributed by atoms with E-state index in [2.05, 4.69) is 10.2 Å². The van der Waals surface area contributed by atoms with Crippen LogP contribution in [0.2, 0.25) is 0 Å². The minimum atomic E-state index is -2.83. The molecule has 1 N–H and O–H groups in total. The van der Waals surface area contributed by atoms with Crippen molar-refractivity contribution < 1.29 is 13.9 Å². The highest BCUT2D eigenvalue weighted by atomic mass is 19.3. The standard InChI is InChI=1S/C9H11F2N3O/c1-14-6-12-13-7(14)8(15)2-4-9(10,11)5-3-8/h2,4,6,15H,3,5H2,1H3. The van der Waals surface area contributed by atoms with Crippen LogP contribution in [0.4, 0.5) is 8.78 Å². The fraction of sp³-hybridized carbons (Fsp3) is 0.556. The van der Waals surface area contributed by atoms with Crippen molar-refractivity contribution in [1.82, 2.24) is 14.8 Å². The van der Waals surface area contributed by atoms with Crippen LogP contribution < -0.4 is 0 Å². The molecule has 0 aromatic carbocycles. The summed E-state index contributed by atoms with van der Waals surface area (Å²) in [5, 5.41) is 17.4. The van der Waals surface area contributed by atoms with Crippen LogP contribution >= 0.6 is 0 Å². The predicted octanol–water partition coefficient (Wildman–Crippen LogP) is 0.988. The highest BCUT2D eigenvalue weighted by Crippen LogP contribution is 2.37. The van der Waals surface area contributed by atoms with Crippen molar-refractivity contribution in [2.24, 2.45) is 7.05 Å². The van der Waals surface area contributed by atoms with Crippen LogP contribution in [0.5, 0.6) is 0 Å². The first kappa shape index (κ1) is 10.2. The molecule has 1 aromatic heterocycles. The van der Waals surface area contributed by atoms with Gasteiger partial charge in [0.05, 0.1) is 0 Å². The van der Waals surface area contributed by atoms with Gasteiger partial charge in [-0.1, -0.05) is 0 Å². The smallest absolute Gasteiger partial charge is 0.266 e. The largest absolute Gasteiger partial charge is 0.378 e. The second kappa shape index (κ2) is 3.10. The van der Waals surface area contributed by atoms with E-state index in [1.807, 2.05) is 0 Å². The van der Waals surface area contributed by atoms with Gasteiger partial charge >= 0.3 is 0 Å². The maximum absolute atomic E-state index is 12.8. The molecule has 0 bridgehead atoms. The van der Waals surface area contributed by atoms with Crippen LogP contribution in [0.1, 0.15) is 18.7 Å². The van der Waals surface area contributed by atoms with Gasteiger partial charge < -0.3 is 9.67 Å². The molecular formula is C9H11F2N3O. The van der Waals surface area contributed by atoms with E-state index in [0.29, 0.717) is 0 Å². The zero-order chi connectivity index (χ0) is 11.1. The molecule has 0 spiro atoms. The Hall–Kier alpha value is -1.30. The van der Waals surface area contributed by atoms with Crippen LogP contribution in [-0.4, -0.2) is 25.8 Å². The highest BCUT2D eigenvalue weighted by Gasteiger charge is 2.40. The maximum Gasteiger partial charge on any atom is 0.266 e. The van der Waals surface area contributed by atoms with Gasteiger partial charge in [-0.25, -0.2) is 8.78 Å². The second-order valence-electron chi connectivity index (χ2n) is 3.78. The first-order chi connectivity index (χ1) is 6.93. The van der Waals surface area contributed by atoms with Crippen molar-refractivity contribution in [1.29, 1.82) is 0 Å². The number of aliphatic hydroxyl groups is 1. The molecule has 0 fully saturated rings. The molecule has 1 aliphatic rings. The molecule has 1 aliphatic carbocycles. The Morgan fingerprint density at radius 1 is 1.40 bits per heavy atom. The molecule has 0 saturated carbocycles. The third-order valence-corrected chi connectivity index (χ3v) is 2.54. The monoisotopic (exact) mass is 215 g/mol. The Kier molecular flexibility index (Phi) is 2.11. The third-order valence-electron chi connectivity index (χ3n) is 2.54. The van der Waals surface area contributed by atoms with E-state index in [9.17, 15) is 13.9 Å². The zero-order valence-corrected chi connectivity index (χ0v) is 8.19. The van der Waals surface area contributed by atoms with Crippen molar-refractivity contribution in [3.8, 4) is 0 Å². The molecule has 0 amide bonds.